The Morgan fingerprint density at radius 3 is 2.38 bits per heavy atom. The molecule has 0 atom stereocenters. The number of hydrogen-bond donors (Lipinski definition) is 1. The molecule has 0 radical (unpaired) electrons. The topological polar surface area (TPSA) is 69.2 Å². The monoisotopic (exact) mass is 516 g/mol. The minimum atomic E-state index is -0.222. The van der Waals surface area contributed by atoms with Crippen LogP contribution in [0.15, 0.2) is 70.2 Å². The van der Waals surface area contributed by atoms with Gasteiger partial charge in [-0.05, 0) is 69.0 Å². The predicted molar refractivity (Wildman–Crippen MR) is 129 cm³/mol. The van der Waals surface area contributed by atoms with E-state index in [4.69, 9.17) is 25.8 Å². The first-order valence-electron chi connectivity index (χ1n) is 9.68. The van der Waals surface area contributed by atoms with E-state index < -0.39 is 0 Å². The number of benzene rings is 3. The van der Waals surface area contributed by atoms with Crippen LogP contribution in [0.4, 0.5) is 0 Å². The van der Waals surface area contributed by atoms with E-state index in [-0.39, 0.29) is 12.3 Å². The summed E-state index contributed by atoms with van der Waals surface area (Å²) >= 11 is 9.44. The fourth-order valence-electron chi connectivity index (χ4n) is 2.84. The number of nitrogens with zero attached hydrogens (tertiary/aromatic N) is 1. The highest BCUT2D eigenvalue weighted by Gasteiger charge is 2.12. The average molecular weight is 518 g/mol. The maximum Gasteiger partial charge on any atom is 0.244 e. The van der Waals surface area contributed by atoms with Gasteiger partial charge in [-0.3, -0.25) is 4.79 Å². The van der Waals surface area contributed by atoms with E-state index in [2.05, 4.69) is 26.5 Å². The lowest BCUT2D eigenvalue weighted by molar-refractivity contribution is -0.120. The van der Waals surface area contributed by atoms with Crippen LogP contribution in [-0.2, 0) is 17.8 Å². The number of ether oxygens (including phenoxy) is 3. The lowest BCUT2D eigenvalue weighted by atomic mass is 10.1. The normalized spacial score (nSPS) is 10.8. The molecular weight excluding hydrogens is 496 g/mol. The predicted octanol–water partition coefficient (Wildman–Crippen LogP) is 5.39. The Kier molecular flexibility index (Phi) is 8.53. The molecule has 8 heteroatoms. The molecule has 166 valence electrons. The molecule has 0 fully saturated rings. The molecule has 0 spiro atoms. The van der Waals surface area contributed by atoms with Crippen LogP contribution in [-0.4, -0.2) is 26.3 Å². The van der Waals surface area contributed by atoms with Crippen LogP contribution in [0.25, 0.3) is 0 Å². The van der Waals surface area contributed by atoms with Crippen LogP contribution in [0.1, 0.15) is 16.7 Å². The number of halogens is 2. The number of nitrogens with one attached hydrogen (secondary N) is 1. The van der Waals surface area contributed by atoms with E-state index in [1.165, 1.54) is 0 Å². The molecule has 3 rings (SSSR count). The first kappa shape index (κ1) is 23.6. The number of amides is 1. The fourth-order valence-corrected chi connectivity index (χ4v) is 3.54. The third-order valence-electron chi connectivity index (χ3n) is 4.47. The lowest BCUT2D eigenvalue weighted by Gasteiger charge is -2.13. The zero-order chi connectivity index (χ0) is 22.9. The maximum absolute atomic E-state index is 12.1. The van der Waals surface area contributed by atoms with Crippen molar-refractivity contribution in [1.29, 1.82) is 0 Å². The third-order valence-corrected chi connectivity index (χ3v) is 5.32. The first-order chi connectivity index (χ1) is 15.5. The van der Waals surface area contributed by atoms with Gasteiger partial charge in [0.1, 0.15) is 12.4 Å². The minimum Gasteiger partial charge on any atom is -0.497 e. The zero-order valence-corrected chi connectivity index (χ0v) is 19.9. The van der Waals surface area contributed by atoms with Crippen molar-refractivity contribution < 1.29 is 19.0 Å². The minimum absolute atomic E-state index is 0.214. The van der Waals surface area contributed by atoms with Gasteiger partial charge < -0.3 is 14.2 Å². The summed E-state index contributed by atoms with van der Waals surface area (Å²) in [5.41, 5.74) is 5.11. The molecule has 0 saturated heterocycles. The van der Waals surface area contributed by atoms with E-state index in [0.717, 1.165) is 22.4 Å². The van der Waals surface area contributed by atoms with E-state index in [0.29, 0.717) is 27.6 Å². The van der Waals surface area contributed by atoms with Gasteiger partial charge >= 0.3 is 0 Å². The number of carbonyl (C=O) groups excluding carboxylic acids is 1. The number of rotatable bonds is 9. The number of hydrazone groups is 1. The van der Waals surface area contributed by atoms with Gasteiger partial charge in [0.05, 0.1) is 31.3 Å². The van der Waals surface area contributed by atoms with E-state index >= 15 is 0 Å². The van der Waals surface area contributed by atoms with Crippen molar-refractivity contribution in [2.24, 2.45) is 5.10 Å². The molecule has 0 unspecified atom stereocenters. The second-order valence-electron chi connectivity index (χ2n) is 6.77. The molecule has 6 nitrogen and oxygen atoms in total. The van der Waals surface area contributed by atoms with Crippen LogP contribution < -0.4 is 19.6 Å². The van der Waals surface area contributed by atoms with Gasteiger partial charge in [0, 0.05) is 5.02 Å². The average Bonchev–Trinajstić information content (AvgIpc) is 2.79. The largest absolute Gasteiger partial charge is 0.497 e. The third kappa shape index (κ3) is 6.73. The summed E-state index contributed by atoms with van der Waals surface area (Å²) in [5, 5.41) is 4.71. The van der Waals surface area contributed by atoms with Crippen molar-refractivity contribution in [1.82, 2.24) is 5.43 Å². The summed E-state index contributed by atoms with van der Waals surface area (Å²) in [5.74, 6) is 1.63. The maximum atomic E-state index is 12.1. The Bertz CT molecular complexity index is 1090. The van der Waals surface area contributed by atoms with Crippen molar-refractivity contribution in [3.05, 3.63) is 86.8 Å². The van der Waals surface area contributed by atoms with Gasteiger partial charge in [-0.25, -0.2) is 5.43 Å². The van der Waals surface area contributed by atoms with Crippen molar-refractivity contribution >= 4 is 39.7 Å². The molecule has 3 aromatic rings. The standard InChI is InChI=1S/C24H22BrClN2O4/c1-30-20-9-5-16(6-10-20)13-23(29)28-27-14-18-11-21(25)24(22(12-18)31-2)32-15-17-3-7-19(26)8-4-17/h3-12,14H,13,15H2,1-2H3,(H,28,29)/b27-14-. The molecule has 3 aromatic carbocycles. The van der Waals surface area contributed by atoms with E-state index in [1.807, 2.05) is 54.6 Å². The molecule has 0 saturated carbocycles. The second kappa shape index (κ2) is 11.5. The van der Waals surface area contributed by atoms with Crippen LogP contribution in [0.2, 0.25) is 5.02 Å². The van der Waals surface area contributed by atoms with Gasteiger partial charge in [-0.2, -0.15) is 5.10 Å². The zero-order valence-electron chi connectivity index (χ0n) is 17.6. The first-order valence-corrected chi connectivity index (χ1v) is 10.8. The summed E-state index contributed by atoms with van der Waals surface area (Å²) in [6.45, 7) is 0.362. The van der Waals surface area contributed by atoms with E-state index in [1.54, 1.807) is 26.5 Å². The molecule has 0 aliphatic heterocycles. The van der Waals surface area contributed by atoms with E-state index in [9.17, 15) is 4.79 Å². The summed E-state index contributed by atoms with van der Waals surface area (Å²) < 4.78 is 17.2. The summed E-state index contributed by atoms with van der Waals surface area (Å²) in [6.07, 6.45) is 1.76. The van der Waals surface area contributed by atoms with Crippen LogP contribution in [0.5, 0.6) is 17.2 Å². The van der Waals surface area contributed by atoms with Crippen LogP contribution in [0.3, 0.4) is 0 Å². The molecule has 0 aromatic heterocycles. The van der Waals surface area contributed by atoms with Gasteiger partial charge in [-0.15, -0.1) is 0 Å². The van der Waals surface area contributed by atoms with Crippen molar-refractivity contribution in [2.45, 2.75) is 13.0 Å². The number of carbonyl (C=O) groups is 1. The summed E-state index contributed by atoms with van der Waals surface area (Å²) in [6, 6.07) is 18.3. The highest BCUT2D eigenvalue weighted by atomic mass is 79.9. The van der Waals surface area contributed by atoms with Crippen LogP contribution >= 0.6 is 27.5 Å². The highest BCUT2D eigenvalue weighted by molar-refractivity contribution is 9.10. The SMILES string of the molecule is COc1ccc(CC(=O)N/N=C\c2cc(Br)c(OCc3ccc(Cl)cc3)c(OC)c2)cc1. The quantitative estimate of drug-likeness (QED) is 0.305. The second-order valence-corrected chi connectivity index (χ2v) is 8.06. The molecule has 32 heavy (non-hydrogen) atoms. The Morgan fingerprint density at radius 2 is 1.72 bits per heavy atom. The molecule has 0 heterocycles. The van der Waals surface area contributed by atoms with Crippen molar-refractivity contribution in [2.75, 3.05) is 14.2 Å². The summed E-state index contributed by atoms with van der Waals surface area (Å²) in [7, 11) is 3.16. The Labute approximate surface area is 200 Å². The summed E-state index contributed by atoms with van der Waals surface area (Å²) in [4.78, 5) is 12.1. The molecule has 0 bridgehead atoms. The molecular formula is C24H22BrClN2O4. The Morgan fingerprint density at radius 1 is 1.03 bits per heavy atom. The van der Waals surface area contributed by atoms with Crippen molar-refractivity contribution in [3.8, 4) is 17.2 Å². The highest BCUT2D eigenvalue weighted by Crippen LogP contribution is 2.36. The van der Waals surface area contributed by atoms with Gasteiger partial charge in [0.2, 0.25) is 5.91 Å². The molecule has 0 aliphatic carbocycles. The molecule has 1 amide bonds. The fraction of sp³-hybridized carbons (Fsp3) is 0.167. The van der Waals surface area contributed by atoms with Crippen molar-refractivity contribution in [3.63, 3.8) is 0 Å². The number of hydrogen-bond acceptors (Lipinski definition) is 5. The Balaban J connectivity index is 1.60. The smallest absolute Gasteiger partial charge is 0.244 e. The lowest BCUT2D eigenvalue weighted by Crippen LogP contribution is -2.19. The van der Waals surface area contributed by atoms with Gasteiger partial charge in [0.25, 0.3) is 0 Å². The Hall–Kier alpha value is -3.03. The van der Waals surface area contributed by atoms with Gasteiger partial charge in [-0.1, -0.05) is 35.9 Å². The molecule has 0 aliphatic rings. The molecule has 1 N–H and O–H groups in total. The van der Waals surface area contributed by atoms with Gasteiger partial charge in [0.15, 0.2) is 11.5 Å². The number of methoxy groups -OCH3 is 2. The van der Waals surface area contributed by atoms with Crippen LogP contribution in [0, 0.1) is 0 Å².